The molecular weight excluding hydrogens is 216 g/mol. The molecule has 3 nitrogen and oxygen atoms in total. The number of ether oxygens (including phenoxy) is 1. The maximum absolute atomic E-state index is 11.3. The van der Waals surface area contributed by atoms with Crippen LogP contribution in [-0.4, -0.2) is 11.9 Å². The van der Waals surface area contributed by atoms with Crippen molar-refractivity contribution in [2.45, 2.75) is 52.4 Å². The standard InChI is InChI=1S/C14H22O3/c1-9(2)10-3-5-11(6-4-10)12-7-13(15)17-14(16)8-12/h9-12H,3-8H2,1-2H3. The van der Waals surface area contributed by atoms with Crippen molar-refractivity contribution >= 4 is 11.9 Å². The Balaban J connectivity index is 1.88. The molecule has 0 bridgehead atoms. The van der Waals surface area contributed by atoms with Gasteiger partial charge in [-0.2, -0.15) is 0 Å². The monoisotopic (exact) mass is 238 g/mol. The third-order valence-corrected chi connectivity index (χ3v) is 4.51. The molecule has 1 saturated heterocycles. The van der Waals surface area contributed by atoms with E-state index in [4.69, 9.17) is 0 Å². The van der Waals surface area contributed by atoms with E-state index in [0.29, 0.717) is 18.8 Å². The SMILES string of the molecule is CC(C)C1CCC(C2CC(=O)OC(=O)C2)CC1. The Morgan fingerprint density at radius 3 is 1.94 bits per heavy atom. The summed E-state index contributed by atoms with van der Waals surface area (Å²) >= 11 is 0. The van der Waals surface area contributed by atoms with E-state index >= 15 is 0 Å². The number of hydrogen-bond donors (Lipinski definition) is 0. The van der Waals surface area contributed by atoms with Gasteiger partial charge < -0.3 is 4.74 Å². The Morgan fingerprint density at radius 2 is 1.47 bits per heavy atom. The summed E-state index contributed by atoms with van der Waals surface area (Å²) in [6, 6.07) is 0. The number of cyclic esters (lactones) is 2. The van der Waals surface area contributed by atoms with E-state index in [2.05, 4.69) is 18.6 Å². The molecule has 0 atom stereocenters. The molecule has 2 aliphatic rings. The molecule has 3 heteroatoms. The Kier molecular flexibility index (Phi) is 3.85. The van der Waals surface area contributed by atoms with Crippen molar-refractivity contribution in [1.29, 1.82) is 0 Å². The first-order valence-electron chi connectivity index (χ1n) is 6.79. The second-order valence-electron chi connectivity index (χ2n) is 5.93. The van der Waals surface area contributed by atoms with Gasteiger partial charge in [-0.3, -0.25) is 9.59 Å². The van der Waals surface area contributed by atoms with E-state index in [1.807, 2.05) is 0 Å². The molecule has 17 heavy (non-hydrogen) atoms. The first kappa shape index (κ1) is 12.6. The van der Waals surface area contributed by atoms with Gasteiger partial charge >= 0.3 is 11.9 Å². The minimum Gasteiger partial charge on any atom is -0.393 e. The molecule has 2 rings (SSSR count). The zero-order valence-corrected chi connectivity index (χ0v) is 10.8. The smallest absolute Gasteiger partial charge is 0.313 e. The van der Waals surface area contributed by atoms with Crippen LogP contribution in [0.5, 0.6) is 0 Å². The average molecular weight is 238 g/mol. The predicted octanol–water partition coefficient (Wildman–Crippen LogP) is 2.93. The number of carbonyl (C=O) groups is 2. The third-order valence-electron chi connectivity index (χ3n) is 4.51. The first-order valence-corrected chi connectivity index (χ1v) is 6.79. The van der Waals surface area contributed by atoms with Gasteiger partial charge in [-0.25, -0.2) is 0 Å². The summed E-state index contributed by atoms with van der Waals surface area (Å²) < 4.78 is 4.59. The molecule has 0 aromatic carbocycles. The van der Waals surface area contributed by atoms with Gasteiger partial charge in [0, 0.05) is 12.8 Å². The summed E-state index contributed by atoms with van der Waals surface area (Å²) in [5, 5.41) is 0. The fourth-order valence-corrected chi connectivity index (χ4v) is 3.33. The van der Waals surface area contributed by atoms with Gasteiger partial charge in [0.05, 0.1) is 0 Å². The van der Waals surface area contributed by atoms with Crippen LogP contribution >= 0.6 is 0 Å². The van der Waals surface area contributed by atoms with E-state index in [9.17, 15) is 9.59 Å². The van der Waals surface area contributed by atoms with Crippen molar-refractivity contribution in [2.24, 2.45) is 23.7 Å². The van der Waals surface area contributed by atoms with Gasteiger partial charge in [0.15, 0.2) is 0 Å². The van der Waals surface area contributed by atoms with Crippen LogP contribution in [0, 0.1) is 23.7 Å². The van der Waals surface area contributed by atoms with Crippen LogP contribution in [-0.2, 0) is 14.3 Å². The van der Waals surface area contributed by atoms with Crippen LogP contribution in [0.2, 0.25) is 0 Å². The van der Waals surface area contributed by atoms with Crippen molar-refractivity contribution in [2.75, 3.05) is 0 Å². The second kappa shape index (κ2) is 5.19. The highest BCUT2D eigenvalue weighted by molar-refractivity contribution is 5.88. The summed E-state index contributed by atoms with van der Waals surface area (Å²) in [4.78, 5) is 22.5. The molecule has 2 fully saturated rings. The Morgan fingerprint density at radius 1 is 0.941 bits per heavy atom. The molecule has 0 aromatic heterocycles. The highest BCUT2D eigenvalue weighted by atomic mass is 16.6. The van der Waals surface area contributed by atoms with E-state index in [-0.39, 0.29) is 17.9 Å². The van der Waals surface area contributed by atoms with Gasteiger partial charge in [-0.1, -0.05) is 13.8 Å². The molecule has 1 aliphatic heterocycles. The summed E-state index contributed by atoms with van der Waals surface area (Å²) in [5.74, 6) is 1.75. The Hall–Kier alpha value is -0.860. The molecule has 1 heterocycles. The summed E-state index contributed by atoms with van der Waals surface area (Å²) in [6.07, 6.45) is 5.75. The third kappa shape index (κ3) is 3.08. The lowest BCUT2D eigenvalue weighted by molar-refractivity contribution is -0.166. The van der Waals surface area contributed by atoms with Crippen LogP contribution in [0.1, 0.15) is 52.4 Å². The Labute approximate surface area is 103 Å². The van der Waals surface area contributed by atoms with Crippen LogP contribution < -0.4 is 0 Å². The lowest BCUT2D eigenvalue weighted by atomic mass is 9.71. The second-order valence-corrected chi connectivity index (χ2v) is 5.93. The number of carbonyl (C=O) groups excluding carboxylic acids is 2. The van der Waals surface area contributed by atoms with E-state index in [0.717, 1.165) is 11.8 Å². The van der Waals surface area contributed by atoms with Crippen LogP contribution in [0.25, 0.3) is 0 Å². The topological polar surface area (TPSA) is 43.4 Å². The van der Waals surface area contributed by atoms with E-state index in [1.165, 1.54) is 25.7 Å². The van der Waals surface area contributed by atoms with E-state index < -0.39 is 0 Å². The molecule has 1 saturated carbocycles. The molecule has 0 amide bonds. The van der Waals surface area contributed by atoms with Crippen LogP contribution in [0.4, 0.5) is 0 Å². The average Bonchev–Trinajstić information content (AvgIpc) is 2.28. The lowest BCUT2D eigenvalue weighted by Gasteiger charge is -2.35. The van der Waals surface area contributed by atoms with Gasteiger partial charge in [-0.05, 0) is 49.4 Å². The normalized spacial score (nSPS) is 31.7. The first-order chi connectivity index (χ1) is 8.06. The van der Waals surface area contributed by atoms with Crippen molar-refractivity contribution < 1.29 is 14.3 Å². The maximum atomic E-state index is 11.3. The highest BCUT2D eigenvalue weighted by Gasteiger charge is 2.35. The summed E-state index contributed by atoms with van der Waals surface area (Å²) in [6.45, 7) is 4.57. The molecule has 0 aromatic rings. The van der Waals surface area contributed by atoms with Crippen molar-refractivity contribution in [3.63, 3.8) is 0 Å². The maximum Gasteiger partial charge on any atom is 0.313 e. The molecule has 1 aliphatic carbocycles. The number of hydrogen-bond acceptors (Lipinski definition) is 3. The van der Waals surface area contributed by atoms with Gasteiger partial charge in [-0.15, -0.1) is 0 Å². The lowest BCUT2D eigenvalue weighted by Crippen LogP contribution is -2.32. The van der Waals surface area contributed by atoms with Crippen LogP contribution in [0.15, 0.2) is 0 Å². The zero-order chi connectivity index (χ0) is 12.4. The Bertz CT molecular complexity index is 285. The number of rotatable bonds is 2. The number of esters is 2. The van der Waals surface area contributed by atoms with Crippen molar-refractivity contribution in [1.82, 2.24) is 0 Å². The molecule has 0 radical (unpaired) electrons. The summed E-state index contributed by atoms with van der Waals surface area (Å²) in [7, 11) is 0. The molecule has 0 N–H and O–H groups in total. The fraction of sp³-hybridized carbons (Fsp3) is 0.857. The summed E-state index contributed by atoms with van der Waals surface area (Å²) in [5.41, 5.74) is 0. The highest BCUT2D eigenvalue weighted by Crippen LogP contribution is 2.40. The minimum absolute atomic E-state index is 0.247. The quantitative estimate of drug-likeness (QED) is 0.548. The van der Waals surface area contributed by atoms with Crippen molar-refractivity contribution in [3.8, 4) is 0 Å². The van der Waals surface area contributed by atoms with Gasteiger partial charge in [0.25, 0.3) is 0 Å². The fourth-order valence-electron chi connectivity index (χ4n) is 3.33. The molecule has 0 unspecified atom stereocenters. The minimum atomic E-state index is -0.322. The van der Waals surface area contributed by atoms with Crippen LogP contribution in [0.3, 0.4) is 0 Å². The molecule has 0 spiro atoms. The van der Waals surface area contributed by atoms with Gasteiger partial charge in [0.1, 0.15) is 0 Å². The largest absolute Gasteiger partial charge is 0.393 e. The van der Waals surface area contributed by atoms with Gasteiger partial charge in [0.2, 0.25) is 0 Å². The molecular formula is C14H22O3. The zero-order valence-electron chi connectivity index (χ0n) is 10.8. The van der Waals surface area contributed by atoms with Crippen molar-refractivity contribution in [3.05, 3.63) is 0 Å². The molecule has 96 valence electrons. The predicted molar refractivity (Wildman–Crippen MR) is 64.1 cm³/mol. The van der Waals surface area contributed by atoms with E-state index in [1.54, 1.807) is 0 Å².